The van der Waals surface area contributed by atoms with Gasteiger partial charge in [-0.05, 0) is 36.0 Å². The Bertz CT molecular complexity index is 1650. The fourth-order valence-corrected chi connectivity index (χ4v) is 4.27. The Labute approximate surface area is 199 Å². The van der Waals surface area contributed by atoms with Crippen LogP contribution in [0.3, 0.4) is 0 Å². The van der Waals surface area contributed by atoms with Gasteiger partial charge in [0.1, 0.15) is 5.76 Å². The fourth-order valence-electron chi connectivity index (χ4n) is 4.07. The van der Waals surface area contributed by atoms with E-state index in [1.54, 1.807) is 6.26 Å². The van der Waals surface area contributed by atoms with Crippen LogP contribution in [0.1, 0.15) is 5.56 Å². The molecule has 0 saturated heterocycles. The number of nitrogens with two attached hydrogens (primary N) is 1. The fraction of sp³-hybridized carbons (Fsp3) is 0.0385. The number of H-pyrrole nitrogens is 1. The van der Waals surface area contributed by atoms with Crippen LogP contribution in [0.5, 0.6) is 0 Å². The Hall–Kier alpha value is -4.43. The van der Waals surface area contributed by atoms with E-state index >= 15 is 0 Å². The maximum atomic E-state index is 6.66. The molecule has 34 heavy (non-hydrogen) atoms. The summed E-state index contributed by atoms with van der Waals surface area (Å²) in [6, 6.07) is 25.6. The number of benzene rings is 2. The van der Waals surface area contributed by atoms with Crippen molar-refractivity contribution in [2.45, 2.75) is 6.54 Å². The van der Waals surface area contributed by atoms with Crippen molar-refractivity contribution in [3.05, 3.63) is 95.5 Å². The van der Waals surface area contributed by atoms with E-state index in [2.05, 4.69) is 10.2 Å². The number of hydrogen-bond donors (Lipinski definition) is 2. The van der Waals surface area contributed by atoms with Crippen LogP contribution in [0.25, 0.3) is 45.3 Å². The first-order chi connectivity index (χ1) is 16.7. The van der Waals surface area contributed by atoms with E-state index in [0.29, 0.717) is 45.4 Å². The zero-order valence-corrected chi connectivity index (χ0v) is 18.8. The smallest absolute Gasteiger partial charge is 0.230 e. The van der Waals surface area contributed by atoms with Gasteiger partial charge < -0.3 is 14.6 Å². The predicted molar refractivity (Wildman–Crippen MR) is 134 cm³/mol. The molecule has 7 nitrogen and oxygen atoms in total. The van der Waals surface area contributed by atoms with Gasteiger partial charge in [0, 0.05) is 11.1 Å². The molecule has 0 saturated carbocycles. The van der Waals surface area contributed by atoms with Crippen LogP contribution in [-0.4, -0.2) is 19.7 Å². The highest BCUT2D eigenvalue weighted by atomic mass is 32.1. The van der Waals surface area contributed by atoms with E-state index in [-0.39, 0.29) is 0 Å². The van der Waals surface area contributed by atoms with Gasteiger partial charge >= 0.3 is 0 Å². The van der Waals surface area contributed by atoms with E-state index in [1.807, 2.05) is 83.4 Å². The van der Waals surface area contributed by atoms with E-state index in [4.69, 9.17) is 31.8 Å². The van der Waals surface area contributed by atoms with Crippen molar-refractivity contribution in [2.24, 2.45) is 0 Å². The Balaban J connectivity index is 1.57. The van der Waals surface area contributed by atoms with Crippen LogP contribution >= 0.6 is 12.2 Å². The highest BCUT2D eigenvalue weighted by Crippen LogP contribution is 2.41. The summed E-state index contributed by atoms with van der Waals surface area (Å²) in [5.41, 5.74) is 11.1. The molecule has 0 spiro atoms. The van der Waals surface area contributed by atoms with Gasteiger partial charge in [-0.2, -0.15) is 5.10 Å². The van der Waals surface area contributed by atoms with E-state index in [1.165, 1.54) is 0 Å². The first-order valence-electron chi connectivity index (χ1n) is 10.7. The molecule has 6 rings (SSSR count). The van der Waals surface area contributed by atoms with Crippen molar-refractivity contribution in [2.75, 3.05) is 5.73 Å². The molecule has 166 valence electrons. The third kappa shape index (κ3) is 3.41. The molecule has 8 heteroatoms. The molecule has 0 amide bonds. The van der Waals surface area contributed by atoms with E-state index in [9.17, 15) is 0 Å². The number of furan rings is 2. The molecule has 0 aliphatic rings. The summed E-state index contributed by atoms with van der Waals surface area (Å²) >= 11 is 5.50. The summed E-state index contributed by atoms with van der Waals surface area (Å²) in [6.07, 6.45) is 1.63. The summed E-state index contributed by atoms with van der Waals surface area (Å²) in [5.74, 6) is 1.59. The lowest BCUT2D eigenvalue weighted by atomic mass is 10.0. The lowest BCUT2D eigenvalue weighted by Gasteiger charge is -2.06. The van der Waals surface area contributed by atoms with Crippen molar-refractivity contribution in [3.8, 4) is 34.2 Å². The second kappa shape index (κ2) is 8.17. The van der Waals surface area contributed by atoms with Gasteiger partial charge in [-0.15, -0.1) is 0 Å². The minimum absolute atomic E-state index is 0.403. The van der Waals surface area contributed by atoms with Crippen molar-refractivity contribution in [1.82, 2.24) is 19.7 Å². The first-order valence-corrected chi connectivity index (χ1v) is 11.1. The number of pyridine rings is 1. The summed E-state index contributed by atoms with van der Waals surface area (Å²) in [7, 11) is 0. The Morgan fingerprint density at radius 3 is 2.47 bits per heavy atom. The molecule has 3 N–H and O–H groups in total. The normalized spacial score (nSPS) is 11.3. The van der Waals surface area contributed by atoms with Crippen LogP contribution in [0.2, 0.25) is 0 Å². The number of aromatic nitrogens is 4. The number of anilines is 1. The third-order valence-corrected chi connectivity index (χ3v) is 6.01. The second-order valence-corrected chi connectivity index (χ2v) is 8.23. The van der Waals surface area contributed by atoms with E-state index in [0.717, 1.165) is 22.4 Å². The van der Waals surface area contributed by atoms with E-state index < -0.39 is 0 Å². The van der Waals surface area contributed by atoms with Gasteiger partial charge in [0.25, 0.3) is 0 Å². The number of aromatic amines is 1. The number of nitrogen functional groups attached to an aromatic ring is 1. The van der Waals surface area contributed by atoms with Gasteiger partial charge in [0.05, 0.1) is 29.6 Å². The molecule has 0 unspecified atom stereocenters. The van der Waals surface area contributed by atoms with Crippen molar-refractivity contribution in [3.63, 3.8) is 0 Å². The molecule has 0 aliphatic carbocycles. The van der Waals surface area contributed by atoms with Gasteiger partial charge in [0.15, 0.2) is 10.5 Å². The minimum atomic E-state index is 0.403. The maximum absolute atomic E-state index is 6.66. The van der Waals surface area contributed by atoms with Crippen molar-refractivity contribution >= 4 is 29.0 Å². The number of hydrogen-bond acceptors (Lipinski definition) is 6. The van der Waals surface area contributed by atoms with Gasteiger partial charge in [-0.3, -0.25) is 9.67 Å². The van der Waals surface area contributed by atoms with Crippen LogP contribution < -0.4 is 5.73 Å². The number of nitrogens with one attached hydrogen (secondary N) is 1. The van der Waals surface area contributed by atoms with Crippen LogP contribution in [0, 0.1) is 4.77 Å². The number of nitrogens with zero attached hydrogens (tertiary/aromatic N) is 3. The van der Waals surface area contributed by atoms with Crippen LogP contribution in [-0.2, 0) is 6.54 Å². The molecule has 0 bridgehead atoms. The Kier molecular flexibility index (Phi) is 4.85. The quantitative estimate of drug-likeness (QED) is 0.290. The lowest BCUT2D eigenvalue weighted by molar-refractivity contribution is 0.582. The molecule has 0 fully saturated rings. The predicted octanol–water partition coefficient (Wildman–Crippen LogP) is 6.31. The van der Waals surface area contributed by atoms with Gasteiger partial charge in [-0.1, -0.05) is 60.7 Å². The molecule has 4 heterocycles. The Morgan fingerprint density at radius 2 is 1.74 bits per heavy atom. The summed E-state index contributed by atoms with van der Waals surface area (Å²) < 4.78 is 14.3. The SMILES string of the molecule is Nc1c(-c2n[nH]c(=S)n2Cc2ccccc2)oc2nc(-c3ccccc3)cc(-c3ccco3)c12. The highest BCUT2D eigenvalue weighted by molar-refractivity contribution is 7.71. The minimum Gasteiger partial charge on any atom is -0.464 e. The van der Waals surface area contributed by atoms with Crippen molar-refractivity contribution in [1.29, 1.82) is 0 Å². The molecular formula is C26H19N5O2S. The lowest BCUT2D eigenvalue weighted by Crippen LogP contribution is -2.03. The number of rotatable bonds is 5. The summed E-state index contributed by atoms with van der Waals surface area (Å²) in [4.78, 5) is 4.78. The average Bonchev–Trinajstić information content (AvgIpc) is 3.61. The molecule has 4 aromatic heterocycles. The van der Waals surface area contributed by atoms with Crippen LogP contribution in [0.4, 0.5) is 5.69 Å². The second-order valence-electron chi connectivity index (χ2n) is 7.85. The molecule has 0 atom stereocenters. The topological polar surface area (TPSA) is 98.8 Å². The zero-order chi connectivity index (χ0) is 23.1. The monoisotopic (exact) mass is 465 g/mol. The van der Waals surface area contributed by atoms with Gasteiger partial charge in [-0.25, -0.2) is 4.98 Å². The largest absolute Gasteiger partial charge is 0.464 e. The zero-order valence-electron chi connectivity index (χ0n) is 17.9. The molecule has 2 aromatic carbocycles. The average molecular weight is 466 g/mol. The third-order valence-electron chi connectivity index (χ3n) is 5.70. The Morgan fingerprint density at radius 1 is 0.971 bits per heavy atom. The highest BCUT2D eigenvalue weighted by Gasteiger charge is 2.24. The molecule has 6 aromatic rings. The van der Waals surface area contributed by atoms with Gasteiger partial charge in [0.2, 0.25) is 11.5 Å². The standard InChI is InChI=1S/C26H19N5O2S/c27-22-21-18(20-12-7-13-32-20)14-19(17-10-5-2-6-11-17)28-25(21)33-23(22)24-29-30-26(34)31(24)15-16-8-3-1-4-9-16/h1-14H,15,27H2,(H,30,34). The van der Waals surface area contributed by atoms with Crippen LogP contribution in [0.15, 0.2) is 94.0 Å². The first kappa shape index (κ1) is 20.2. The summed E-state index contributed by atoms with van der Waals surface area (Å²) in [5, 5.41) is 7.97. The maximum Gasteiger partial charge on any atom is 0.230 e. The number of fused-ring (bicyclic) bond motifs is 1. The molecule has 0 aliphatic heterocycles. The summed E-state index contributed by atoms with van der Waals surface area (Å²) in [6.45, 7) is 0.524. The molecular weight excluding hydrogens is 446 g/mol. The molecule has 0 radical (unpaired) electrons. The van der Waals surface area contributed by atoms with Crippen molar-refractivity contribution < 1.29 is 8.83 Å².